The lowest BCUT2D eigenvalue weighted by molar-refractivity contribution is 0.611. The zero-order valence-corrected chi connectivity index (χ0v) is 8.51. The molecule has 0 atom stereocenters. The molecule has 0 unspecified atom stereocenters. The van der Waals surface area contributed by atoms with E-state index in [1.807, 2.05) is 18.2 Å². The standard InChI is InChI=1S/C11H17N3/c1-11(4-5-11)7-14-8-2-3-9(12)10(13)6-8/h2-3,6,14H,4-5,7,12-13H2,1H3. The van der Waals surface area contributed by atoms with Crippen LogP contribution in [0.2, 0.25) is 0 Å². The summed E-state index contributed by atoms with van der Waals surface area (Å²) in [6, 6.07) is 5.70. The second-order valence-electron chi connectivity index (χ2n) is 4.51. The van der Waals surface area contributed by atoms with Crippen molar-refractivity contribution in [2.45, 2.75) is 19.8 Å². The Kier molecular flexibility index (Phi) is 2.02. The summed E-state index contributed by atoms with van der Waals surface area (Å²) in [5, 5.41) is 3.38. The second kappa shape index (κ2) is 3.08. The third-order valence-corrected chi connectivity index (χ3v) is 2.91. The van der Waals surface area contributed by atoms with Crippen molar-refractivity contribution in [1.82, 2.24) is 0 Å². The van der Waals surface area contributed by atoms with Gasteiger partial charge in [0.15, 0.2) is 0 Å². The van der Waals surface area contributed by atoms with Crippen LogP contribution < -0.4 is 16.8 Å². The number of hydrogen-bond donors (Lipinski definition) is 3. The topological polar surface area (TPSA) is 64.1 Å². The van der Waals surface area contributed by atoms with Gasteiger partial charge in [0.05, 0.1) is 11.4 Å². The van der Waals surface area contributed by atoms with E-state index in [0.717, 1.165) is 12.2 Å². The second-order valence-corrected chi connectivity index (χ2v) is 4.51. The summed E-state index contributed by atoms with van der Waals surface area (Å²) in [5.41, 5.74) is 14.2. The molecule has 1 aromatic carbocycles. The van der Waals surface area contributed by atoms with Crippen molar-refractivity contribution in [1.29, 1.82) is 0 Å². The average Bonchev–Trinajstić information content (AvgIpc) is 2.87. The predicted molar refractivity (Wildman–Crippen MR) is 61.1 cm³/mol. The highest BCUT2D eigenvalue weighted by molar-refractivity contribution is 5.69. The molecule has 0 radical (unpaired) electrons. The lowest BCUT2D eigenvalue weighted by Crippen LogP contribution is -2.11. The summed E-state index contributed by atoms with van der Waals surface area (Å²) in [6.07, 6.45) is 2.65. The number of nitrogen functional groups attached to an aromatic ring is 2. The molecule has 0 saturated heterocycles. The normalized spacial score (nSPS) is 17.8. The molecule has 76 valence electrons. The van der Waals surface area contributed by atoms with Crippen molar-refractivity contribution in [3.8, 4) is 0 Å². The van der Waals surface area contributed by atoms with Gasteiger partial charge in [-0.25, -0.2) is 0 Å². The van der Waals surface area contributed by atoms with E-state index in [-0.39, 0.29) is 0 Å². The molecule has 1 saturated carbocycles. The Labute approximate surface area is 84.5 Å². The molecule has 0 amide bonds. The highest BCUT2D eigenvalue weighted by atomic mass is 14.9. The van der Waals surface area contributed by atoms with E-state index in [2.05, 4.69) is 12.2 Å². The van der Waals surface area contributed by atoms with Crippen LogP contribution in [-0.4, -0.2) is 6.54 Å². The Bertz CT molecular complexity index is 342. The van der Waals surface area contributed by atoms with Crippen LogP contribution >= 0.6 is 0 Å². The van der Waals surface area contributed by atoms with Gasteiger partial charge in [0.25, 0.3) is 0 Å². The number of anilines is 3. The largest absolute Gasteiger partial charge is 0.397 e. The SMILES string of the molecule is CC1(CNc2ccc(N)c(N)c2)CC1. The zero-order valence-electron chi connectivity index (χ0n) is 8.51. The highest BCUT2D eigenvalue weighted by Gasteiger charge is 2.36. The predicted octanol–water partition coefficient (Wildman–Crippen LogP) is 2.06. The van der Waals surface area contributed by atoms with E-state index in [1.165, 1.54) is 12.8 Å². The number of hydrogen-bond acceptors (Lipinski definition) is 3. The quantitative estimate of drug-likeness (QED) is 0.641. The fourth-order valence-corrected chi connectivity index (χ4v) is 1.39. The molecule has 0 spiro atoms. The van der Waals surface area contributed by atoms with Crippen LogP contribution in [0.25, 0.3) is 0 Å². The lowest BCUT2D eigenvalue weighted by Gasteiger charge is -2.12. The van der Waals surface area contributed by atoms with Gasteiger partial charge < -0.3 is 16.8 Å². The first-order valence-corrected chi connectivity index (χ1v) is 4.98. The Morgan fingerprint density at radius 2 is 2.00 bits per heavy atom. The Hall–Kier alpha value is -1.38. The van der Waals surface area contributed by atoms with Crippen molar-refractivity contribution in [3.63, 3.8) is 0 Å². The van der Waals surface area contributed by atoms with E-state index in [1.54, 1.807) is 0 Å². The maximum absolute atomic E-state index is 5.71. The molecule has 1 aromatic rings. The summed E-state index contributed by atoms with van der Waals surface area (Å²) in [6.45, 7) is 3.32. The highest BCUT2D eigenvalue weighted by Crippen LogP contribution is 2.44. The van der Waals surface area contributed by atoms with Crippen LogP contribution in [0.4, 0.5) is 17.1 Å². The molecular formula is C11H17N3. The van der Waals surface area contributed by atoms with E-state index in [4.69, 9.17) is 11.5 Å². The van der Waals surface area contributed by atoms with Crippen molar-refractivity contribution in [2.75, 3.05) is 23.3 Å². The molecule has 14 heavy (non-hydrogen) atoms. The number of nitrogens with two attached hydrogens (primary N) is 2. The molecule has 1 fully saturated rings. The van der Waals surface area contributed by atoms with Gasteiger partial charge in [0.2, 0.25) is 0 Å². The van der Waals surface area contributed by atoms with Crippen LogP contribution in [0, 0.1) is 5.41 Å². The minimum absolute atomic E-state index is 0.510. The molecule has 3 nitrogen and oxygen atoms in total. The first kappa shape index (κ1) is 9.19. The average molecular weight is 191 g/mol. The van der Waals surface area contributed by atoms with Gasteiger partial charge in [-0.3, -0.25) is 0 Å². The van der Waals surface area contributed by atoms with Crippen molar-refractivity contribution in [2.24, 2.45) is 5.41 Å². The molecule has 1 aliphatic carbocycles. The van der Waals surface area contributed by atoms with Gasteiger partial charge in [0, 0.05) is 12.2 Å². The minimum Gasteiger partial charge on any atom is -0.397 e. The monoisotopic (exact) mass is 191 g/mol. The third-order valence-electron chi connectivity index (χ3n) is 2.91. The summed E-state index contributed by atoms with van der Waals surface area (Å²) in [4.78, 5) is 0. The van der Waals surface area contributed by atoms with E-state index < -0.39 is 0 Å². The minimum atomic E-state index is 0.510. The first-order chi connectivity index (χ1) is 6.59. The van der Waals surface area contributed by atoms with E-state index in [9.17, 15) is 0 Å². The van der Waals surface area contributed by atoms with Gasteiger partial charge in [-0.1, -0.05) is 6.92 Å². The summed E-state index contributed by atoms with van der Waals surface area (Å²) in [5.74, 6) is 0. The fourth-order valence-electron chi connectivity index (χ4n) is 1.39. The van der Waals surface area contributed by atoms with Crippen LogP contribution in [0.1, 0.15) is 19.8 Å². The Balaban J connectivity index is 1.99. The van der Waals surface area contributed by atoms with E-state index >= 15 is 0 Å². The smallest absolute Gasteiger partial charge is 0.0568 e. The fraction of sp³-hybridized carbons (Fsp3) is 0.455. The number of rotatable bonds is 3. The third kappa shape index (κ3) is 1.92. The molecular weight excluding hydrogens is 174 g/mol. The van der Waals surface area contributed by atoms with Crippen LogP contribution in [0.3, 0.4) is 0 Å². The van der Waals surface area contributed by atoms with Gasteiger partial charge in [-0.2, -0.15) is 0 Å². The number of benzene rings is 1. The maximum Gasteiger partial charge on any atom is 0.0568 e. The lowest BCUT2D eigenvalue weighted by atomic mass is 10.1. The Morgan fingerprint density at radius 3 is 2.57 bits per heavy atom. The van der Waals surface area contributed by atoms with Gasteiger partial charge >= 0.3 is 0 Å². The molecule has 3 heteroatoms. The summed E-state index contributed by atoms with van der Waals surface area (Å²) >= 11 is 0. The maximum atomic E-state index is 5.71. The van der Waals surface area contributed by atoms with Crippen LogP contribution in [-0.2, 0) is 0 Å². The molecule has 0 aliphatic heterocycles. The summed E-state index contributed by atoms with van der Waals surface area (Å²) in [7, 11) is 0. The zero-order chi connectivity index (χ0) is 10.2. The van der Waals surface area contributed by atoms with Gasteiger partial charge in [-0.05, 0) is 36.5 Å². The number of nitrogens with one attached hydrogen (secondary N) is 1. The van der Waals surface area contributed by atoms with Crippen LogP contribution in [0.5, 0.6) is 0 Å². The van der Waals surface area contributed by atoms with E-state index in [0.29, 0.717) is 16.8 Å². The van der Waals surface area contributed by atoms with Gasteiger partial charge in [0.1, 0.15) is 0 Å². The molecule has 1 aliphatic rings. The molecule has 2 rings (SSSR count). The summed E-state index contributed by atoms with van der Waals surface area (Å²) < 4.78 is 0. The Morgan fingerprint density at radius 1 is 1.29 bits per heavy atom. The van der Waals surface area contributed by atoms with Crippen molar-refractivity contribution in [3.05, 3.63) is 18.2 Å². The van der Waals surface area contributed by atoms with Crippen molar-refractivity contribution < 1.29 is 0 Å². The molecule has 0 heterocycles. The molecule has 0 bridgehead atoms. The van der Waals surface area contributed by atoms with Crippen molar-refractivity contribution >= 4 is 17.1 Å². The van der Waals surface area contributed by atoms with Gasteiger partial charge in [-0.15, -0.1) is 0 Å². The molecule has 0 aromatic heterocycles. The van der Waals surface area contributed by atoms with Crippen LogP contribution in [0.15, 0.2) is 18.2 Å². The molecule has 5 N–H and O–H groups in total. The first-order valence-electron chi connectivity index (χ1n) is 4.98.